The smallest absolute Gasteiger partial charge is 0.253 e. The summed E-state index contributed by atoms with van der Waals surface area (Å²) in [6.45, 7) is 5.97. The van der Waals surface area contributed by atoms with Gasteiger partial charge >= 0.3 is 0 Å². The van der Waals surface area contributed by atoms with Crippen LogP contribution < -0.4 is 5.73 Å². The SMILES string of the molecule is CC(C)C[C@H](N)C(=O)N1CCN(C(=O)c2ccc(F)cc2)CC1.Cl. The first-order chi connectivity index (χ1) is 10.9. The van der Waals surface area contributed by atoms with Crippen LogP contribution >= 0.6 is 12.4 Å². The van der Waals surface area contributed by atoms with Gasteiger partial charge in [0.1, 0.15) is 5.82 Å². The minimum atomic E-state index is -0.477. The Morgan fingerprint density at radius 1 is 1.08 bits per heavy atom. The van der Waals surface area contributed by atoms with Gasteiger partial charge < -0.3 is 15.5 Å². The molecule has 0 bridgehead atoms. The molecule has 0 aliphatic carbocycles. The lowest BCUT2D eigenvalue weighted by atomic mass is 10.0. The fraction of sp³-hybridized carbons (Fsp3) is 0.529. The Morgan fingerprint density at radius 2 is 1.58 bits per heavy atom. The summed E-state index contributed by atoms with van der Waals surface area (Å²) in [5.74, 6) is -0.178. The molecule has 2 N–H and O–H groups in total. The van der Waals surface area contributed by atoms with E-state index in [-0.39, 0.29) is 30.0 Å². The summed E-state index contributed by atoms with van der Waals surface area (Å²) in [6.07, 6.45) is 0.660. The summed E-state index contributed by atoms with van der Waals surface area (Å²) in [4.78, 5) is 28.0. The molecule has 1 heterocycles. The second-order valence-electron chi connectivity index (χ2n) is 6.36. The van der Waals surface area contributed by atoms with E-state index < -0.39 is 6.04 Å². The van der Waals surface area contributed by atoms with Gasteiger partial charge in [0.05, 0.1) is 6.04 Å². The van der Waals surface area contributed by atoms with Crippen molar-refractivity contribution in [2.75, 3.05) is 26.2 Å². The van der Waals surface area contributed by atoms with Gasteiger partial charge in [-0.2, -0.15) is 0 Å². The zero-order chi connectivity index (χ0) is 17.0. The molecule has 5 nitrogen and oxygen atoms in total. The Hall–Kier alpha value is -1.66. The third-order valence-corrected chi connectivity index (χ3v) is 4.01. The Kier molecular flexibility index (Phi) is 7.63. The van der Waals surface area contributed by atoms with Gasteiger partial charge in [0, 0.05) is 31.7 Å². The molecule has 0 aromatic heterocycles. The molecule has 134 valence electrons. The van der Waals surface area contributed by atoms with E-state index in [0.717, 1.165) is 0 Å². The molecule has 0 saturated carbocycles. The molecule has 1 fully saturated rings. The van der Waals surface area contributed by atoms with Gasteiger partial charge in [-0.1, -0.05) is 13.8 Å². The molecule has 2 amide bonds. The highest BCUT2D eigenvalue weighted by Gasteiger charge is 2.27. The van der Waals surface area contributed by atoms with Crippen molar-refractivity contribution < 1.29 is 14.0 Å². The van der Waals surface area contributed by atoms with Gasteiger partial charge in [-0.15, -0.1) is 12.4 Å². The lowest BCUT2D eigenvalue weighted by molar-refractivity contribution is -0.134. The van der Waals surface area contributed by atoms with Crippen LogP contribution in [-0.4, -0.2) is 53.8 Å². The van der Waals surface area contributed by atoms with E-state index in [1.54, 1.807) is 9.80 Å². The highest BCUT2D eigenvalue weighted by atomic mass is 35.5. The Bertz CT molecular complexity index is 557. The number of benzene rings is 1. The molecule has 1 atom stereocenters. The first-order valence-electron chi connectivity index (χ1n) is 7.97. The zero-order valence-corrected chi connectivity index (χ0v) is 14.9. The summed E-state index contributed by atoms with van der Waals surface area (Å²) in [7, 11) is 0. The van der Waals surface area contributed by atoms with Crippen LogP contribution in [-0.2, 0) is 4.79 Å². The highest BCUT2D eigenvalue weighted by molar-refractivity contribution is 5.94. The van der Waals surface area contributed by atoms with Crippen LogP contribution in [0.2, 0.25) is 0 Å². The maximum absolute atomic E-state index is 12.9. The van der Waals surface area contributed by atoms with Crippen LogP contribution in [0.5, 0.6) is 0 Å². The normalized spacial score (nSPS) is 15.9. The minimum absolute atomic E-state index is 0. The molecule has 1 saturated heterocycles. The summed E-state index contributed by atoms with van der Waals surface area (Å²) in [6, 6.07) is 5.03. The maximum Gasteiger partial charge on any atom is 0.253 e. The van der Waals surface area contributed by atoms with E-state index in [2.05, 4.69) is 0 Å². The van der Waals surface area contributed by atoms with E-state index in [1.165, 1.54) is 24.3 Å². The molecule has 1 aromatic carbocycles. The molecule has 1 aromatic rings. The molecule has 0 spiro atoms. The van der Waals surface area contributed by atoms with Gasteiger partial charge in [0.15, 0.2) is 0 Å². The Morgan fingerprint density at radius 3 is 2.08 bits per heavy atom. The second-order valence-corrected chi connectivity index (χ2v) is 6.36. The van der Waals surface area contributed by atoms with Crippen molar-refractivity contribution in [1.82, 2.24) is 9.80 Å². The van der Waals surface area contributed by atoms with E-state index >= 15 is 0 Å². The number of hydrogen-bond acceptors (Lipinski definition) is 3. The fourth-order valence-corrected chi connectivity index (χ4v) is 2.75. The quantitative estimate of drug-likeness (QED) is 0.895. The summed E-state index contributed by atoms with van der Waals surface area (Å²) < 4.78 is 12.9. The molecule has 24 heavy (non-hydrogen) atoms. The number of nitrogens with zero attached hydrogens (tertiary/aromatic N) is 2. The molecule has 7 heteroatoms. The summed E-state index contributed by atoms with van der Waals surface area (Å²) in [5.41, 5.74) is 6.40. The first kappa shape index (κ1) is 20.4. The molecule has 1 aliphatic rings. The van der Waals surface area contributed by atoms with E-state index in [1.807, 2.05) is 13.8 Å². The number of rotatable bonds is 4. The van der Waals surface area contributed by atoms with Crippen LogP contribution in [0.1, 0.15) is 30.6 Å². The lowest BCUT2D eigenvalue weighted by Crippen LogP contribution is -2.54. The molecule has 2 rings (SSSR count). The third kappa shape index (κ3) is 5.18. The van der Waals surface area contributed by atoms with Crippen LogP contribution in [0.4, 0.5) is 4.39 Å². The van der Waals surface area contributed by atoms with Crippen LogP contribution in [0.3, 0.4) is 0 Å². The number of nitrogens with two attached hydrogens (primary N) is 1. The lowest BCUT2D eigenvalue weighted by Gasteiger charge is -2.36. The van der Waals surface area contributed by atoms with E-state index in [4.69, 9.17) is 5.73 Å². The number of carbonyl (C=O) groups excluding carboxylic acids is 2. The topological polar surface area (TPSA) is 66.6 Å². The van der Waals surface area contributed by atoms with Gasteiger partial charge in [-0.25, -0.2) is 4.39 Å². The van der Waals surface area contributed by atoms with Crippen molar-refractivity contribution in [3.05, 3.63) is 35.6 Å². The number of carbonyl (C=O) groups is 2. The van der Waals surface area contributed by atoms with Gasteiger partial charge in [-0.05, 0) is 36.6 Å². The second kappa shape index (κ2) is 8.99. The van der Waals surface area contributed by atoms with Crippen molar-refractivity contribution in [1.29, 1.82) is 0 Å². The van der Waals surface area contributed by atoms with E-state index in [0.29, 0.717) is 44.1 Å². The van der Waals surface area contributed by atoms with Crippen molar-refractivity contribution >= 4 is 24.2 Å². The van der Waals surface area contributed by atoms with Crippen LogP contribution in [0.15, 0.2) is 24.3 Å². The van der Waals surface area contributed by atoms with E-state index in [9.17, 15) is 14.0 Å². The van der Waals surface area contributed by atoms with Crippen molar-refractivity contribution in [3.63, 3.8) is 0 Å². The Labute approximate surface area is 148 Å². The Balaban J connectivity index is 0.00000288. The van der Waals surface area contributed by atoms with Crippen LogP contribution in [0.25, 0.3) is 0 Å². The fourth-order valence-electron chi connectivity index (χ4n) is 2.75. The monoisotopic (exact) mass is 357 g/mol. The average Bonchev–Trinajstić information content (AvgIpc) is 2.53. The summed E-state index contributed by atoms with van der Waals surface area (Å²) in [5, 5.41) is 0. The first-order valence-corrected chi connectivity index (χ1v) is 7.97. The number of amides is 2. The van der Waals surface area contributed by atoms with Crippen molar-refractivity contribution in [3.8, 4) is 0 Å². The predicted molar refractivity (Wildman–Crippen MR) is 93.6 cm³/mol. The average molecular weight is 358 g/mol. The summed E-state index contributed by atoms with van der Waals surface area (Å²) >= 11 is 0. The molecule has 0 unspecified atom stereocenters. The number of hydrogen-bond donors (Lipinski definition) is 1. The number of piperazine rings is 1. The molecule has 1 aliphatic heterocycles. The largest absolute Gasteiger partial charge is 0.338 e. The van der Waals surface area contributed by atoms with Gasteiger partial charge in [0.25, 0.3) is 5.91 Å². The van der Waals surface area contributed by atoms with Gasteiger partial charge in [0.2, 0.25) is 5.91 Å². The van der Waals surface area contributed by atoms with Crippen LogP contribution in [0, 0.1) is 11.7 Å². The zero-order valence-electron chi connectivity index (χ0n) is 14.1. The molecular formula is C17H25ClFN3O2. The molecular weight excluding hydrogens is 333 g/mol. The molecule has 0 radical (unpaired) electrons. The standard InChI is InChI=1S/C17H24FN3O2.ClH/c1-12(2)11-15(19)17(23)21-9-7-20(8-10-21)16(22)13-3-5-14(18)6-4-13;/h3-6,12,15H,7-11,19H2,1-2H3;1H/t15-;/m0./s1. The van der Waals surface area contributed by atoms with Crippen molar-refractivity contribution in [2.24, 2.45) is 11.7 Å². The highest BCUT2D eigenvalue weighted by Crippen LogP contribution is 2.12. The minimum Gasteiger partial charge on any atom is -0.338 e. The number of halogens is 2. The van der Waals surface area contributed by atoms with Gasteiger partial charge in [-0.3, -0.25) is 9.59 Å². The predicted octanol–water partition coefficient (Wildman–Crippen LogP) is 1.91. The van der Waals surface area contributed by atoms with Crippen molar-refractivity contribution in [2.45, 2.75) is 26.3 Å². The third-order valence-electron chi connectivity index (χ3n) is 4.01. The maximum atomic E-state index is 12.9.